The Morgan fingerprint density at radius 2 is 2.28 bits per heavy atom. The van der Waals surface area contributed by atoms with E-state index in [0.717, 1.165) is 18.9 Å². The lowest BCUT2D eigenvalue weighted by Gasteiger charge is -2.25. The molecule has 1 aromatic carbocycles. The van der Waals surface area contributed by atoms with Gasteiger partial charge in [-0.3, -0.25) is 10.1 Å². The van der Waals surface area contributed by atoms with E-state index in [2.05, 4.69) is 5.32 Å². The highest BCUT2D eigenvalue weighted by atomic mass is 16.6. The quantitative estimate of drug-likeness (QED) is 0.622. The molecule has 0 aromatic heterocycles. The molecule has 0 unspecified atom stereocenters. The maximum absolute atomic E-state index is 11.0. The number of anilines is 1. The summed E-state index contributed by atoms with van der Waals surface area (Å²) in [5.74, 6) is 1.31. The Labute approximate surface area is 106 Å². The normalized spacial score (nSPS) is 14.9. The van der Waals surface area contributed by atoms with Gasteiger partial charge in [0.25, 0.3) is 5.69 Å². The fraction of sp³-hybridized carbons (Fsp3) is 0.538. The van der Waals surface area contributed by atoms with E-state index >= 15 is 0 Å². The Bertz CT molecular complexity index is 430. The number of rotatable bonds is 6. The van der Waals surface area contributed by atoms with E-state index in [4.69, 9.17) is 4.74 Å². The van der Waals surface area contributed by atoms with Gasteiger partial charge in [-0.1, -0.05) is 19.3 Å². The molecule has 0 atom stereocenters. The lowest BCUT2D eigenvalue weighted by atomic mass is 9.83. The molecule has 0 bridgehead atoms. The van der Waals surface area contributed by atoms with Gasteiger partial charge < -0.3 is 10.1 Å². The number of hydrogen-bond donors (Lipinski definition) is 1. The van der Waals surface area contributed by atoms with Crippen molar-refractivity contribution in [1.82, 2.24) is 0 Å². The monoisotopic (exact) mass is 250 g/mol. The first-order valence-corrected chi connectivity index (χ1v) is 6.27. The second kappa shape index (κ2) is 5.71. The minimum absolute atomic E-state index is 0.0722. The molecule has 1 aliphatic rings. The van der Waals surface area contributed by atoms with Crippen molar-refractivity contribution in [3.05, 3.63) is 28.3 Å². The van der Waals surface area contributed by atoms with Crippen LogP contribution in [-0.2, 0) is 0 Å². The number of nitro benzene ring substituents is 1. The molecule has 0 heterocycles. The predicted octanol–water partition coefficient (Wildman–Crippen LogP) is 3.21. The summed E-state index contributed by atoms with van der Waals surface area (Å²) >= 11 is 0. The average molecular weight is 250 g/mol. The van der Waals surface area contributed by atoms with Crippen molar-refractivity contribution in [2.75, 3.05) is 19.0 Å². The molecule has 1 aliphatic carbocycles. The number of nitrogens with zero attached hydrogens (tertiary/aromatic N) is 1. The van der Waals surface area contributed by atoms with Gasteiger partial charge in [0.2, 0.25) is 0 Å². The van der Waals surface area contributed by atoms with E-state index < -0.39 is 0 Å². The molecule has 0 spiro atoms. The fourth-order valence-electron chi connectivity index (χ4n) is 2.13. The van der Waals surface area contributed by atoms with Crippen LogP contribution < -0.4 is 10.1 Å². The number of nitro groups is 1. The van der Waals surface area contributed by atoms with Crippen LogP contribution in [0.2, 0.25) is 0 Å². The van der Waals surface area contributed by atoms with E-state index in [-0.39, 0.29) is 10.6 Å². The summed E-state index contributed by atoms with van der Waals surface area (Å²) in [6.45, 7) is 0.790. The van der Waals surface area contributed by atoms with Gasteiger partial charge in [-0.2, -0.15) is 0 Å². The fourth-order valence-corrected chi connectivity index (χ4v) is 2.13. The van der Waals surface area contributed by atoms with Crippen molar-refractivity contribution in [3.63, 3.8) is 0 Å². The van der Waals surface area contributed by atoms with E-state index in [1.165, 1.54) is 32.4 Å². The summed E-state index contributed by atoms with van der Waals surface area (Å²) in [7, 11) is 1.50. The number of nitrogens with one attached hydrogen (secondary N) is 1. The number of ether oxygens (including phenoxy) is 1. The van der Waals surface area contributed by atoms with Crippen LogP contribution in [0.4, 0.5) is 11.4 Å². The molecule has 0 radical (unpaired) electrons. The standard InChI is InChI=1S/C13H18N2O3/c1-18-11-5-6-12(13(9-11)15(16)17)14-8-7-10-3-2-4-10/h5-6,9-10,14H,2-4,7-8H2,1H3. The summed E-state index contributed by atoms with van der Waals surface area (Å²) in [4.78, 5) is 10.6. The van der Waals surface area contributed by atoms with Crippen molar-refractivity contribution in [3.8, 4) is 5.75 Å². The first-order chi connectivity index (χ1) is 8.70. The van der Waals surface area contributed by atoms with Gasteiger partial charge >= 0.3 is 0 Å². The zero-order valence-electron chi connectivity index (χ0n) is 10.5. The first-order valence-electron chi connectivity index (χ1n) is 6.27. The smallest absolute Gasteiger partial charge is 0.296 e. The highest BCUT2D eigenvalue weighted by Gasteiger charge is 2.18. The van der Waals surface area contributed by atoms with E-state index in [9.17, 15) is 10.1 Å². The molecule has 1 N–H and O–H groups in total. The van der Waals surface area contributed by atoms with Crippen molar-refractivity contribution < 1.29 is 9.66 Å². The van der Waals surface area contributed by atoms with Gasteiger partial charge in [-0.15, -0.1) is 0 Å². The van der Waals surface area contributed by atoms with Gasteiger partial charge in [-0.05, 0) is 24.5 Å². The molecule has 0 aliphatic heterocycles. The maximum atomic E-state index is 11.0. The highest BCUT2D eigenvalue weighted by molar-refractivity contribution is 5.63. The Balaban J connectivity index is 1.98. The number of hydrogen-bond acceptors (Lipinski definition) is 4. The Morgan fingerprint density at radius 3 is 2.83 bits per heavy atom. The first kappa shape index (κ1) is 12.7. The van der Waals surface area contributed by atoms with Crippen LogP contribution in [0.1, 0.15) is 25.7 Å². The molecule has 1 aromatic rings. The Morgan fingerprint density at radius 1 is 1.50 bits per heavy atom. The number of methoxy groups -OCH3 is 1. The second-order valence-electron chi connectivity index (χ2n) is 4.65. The van der Waals surface area contributed by atoms with Crippen molar-refractivity contribution in [2.45, 2.75) is 25.7 Å². The molecule has 5 nitrogen and oxygen atoms in total. The molecule has 5 heteroatoms. The third-order valence-corrected chi connectivity index (χ3v) is 3.49. The summed E-state index contributed by atoms with van der Waals surface area (Å²) in [6.07, 6.45) is 5.01. The van der Waals surface area contributed by atoms with Crippen LogP contribution in [0, 0.1) is 16.0 Å². The Hall–Kier alpha value is -1.78. The van der Waals surface area contributed by atoms with E-state index in [1.54, 1.807) is 12.1 Å². The van der Waals surface area contributed by atoms with Crippen LogP contribution in [0.5, 0.6) is 5.75 Å². The zero-order valence-corrected chi connectivity index (χ0v) is 10.5. The van der Waals surface area contributed by atoms with Gasteiger partial charge in [0.15, 0.2) is 0 Å². The zero-order chi connectivity index (χ0) is 13.0. The molecule has 0 amide bonds. The van der Waals surface area contributed by atoms with Crippen LogP contribution >= 0.6 is 0 Å². The van der Waals surface area contributed by atoms with Gasteiger partial charge in [0.05, 0.1) is 18.1 Å². The summed E-state index contributed by atoms with van der Waals surface area (Å²) < 4.78 is 5.00. The topological polar surface area (TPSA) is 64.4 Å². The largest absolute Gasteiger partial charge is 0.496 e. The maximum Gasteiger partial charge on any atom is 0.296 e. The van der Waals surface area contributed by atoms with E-state index in [1.807, 2.05) is 0 Å². The summed E-state index contributed by atoms with van der Waals surface area (Å²) in [6, 6.07) is 4.89. The summed E-state index contributed by atoms with van der Waals surface area (Å²) in [5, 5.41) is 14.1. The SMILES string of the molecule is COc1ccc(NCCC2CCC2)c([N+](=O)[O-])c1. The van der Waals surface area contributed by atoms with Gasteiger partial charge in [-0.25, -0.2) is 0 Å². The molecule has 0 saturated heterocycles. The van der Waals surface area contributed by atoms with Gasteiger partial charge in [0, 0.05) is 6.54 Å². The molecule has 1 saturated carbocycles. The molecule has 18 heavy (non-hydrogen) atoms. The molecule has 1 fully saturated rings. The molecule has 2 rings (SSSR count). The van der Waals surface area contributed by atoms with E-state index in [0.29, 0.717) is 11.4 Å². The van der Waals surface area contributed by atoms with Gasteiger partial charge in [0.1, 0.15) is 11.4 Å². The average Bonchev–Trinajstić information content (AvgIpc) is 2.32. The summed E-state index contributed by atoms with van der Waals surface area (Å²) in [5.41, 5.74) is 0.642. The van der Waals surface area contributed by atoms with Crippen LogP contribution in [0.15, 0.2) is 18.2 Å². The van der Waals surface area contributed by atoms with Crippen molar-refractivity contribution in [2.24, 2.45) is 5.92 Å². The minimum atomic E-state index is -0.381. The lowest BCUT2D eigenvalue weighted by molar-refractivity contribution is -0.384. The minimum Gasteiger partial charge on any atom is -0.496 e. The molecular weight excluding hydrogens is 232 g/mol. The molecular formula is C13H18N2O3. The van der Waals surface area contributed by atoms with Crippen molar-refractivity contribution in [1.29, 1.82) is 0 Å². The lowest BCUT2D eigenvalue weighted by Crippen LogP contribution is -2.16. The Kier molecular flexibility index (Phi) is 4.02. The third-order valence-electron chi connectivity index (χ3n) is 3.49. The molecule has 98 valence electrons. The third kappa shape index (κ3) is 2.91. The van der Waals surface area contributed by atoms with Crippen LogP contribution in [0.3, 0.4) is 0 Å². The highest BCUT2D eigenvalue weighted by Crippen LogP contribution is 2.31. The van der Waals surface area contributed by atoms with Crippen LogP contribution in [-0.4, -0.2) is 18.6 Å². The number of benzene rings is 1. The second-order valence-corrected chi connectivity index (χ2v) is 4.65. The predicted molar refractivity (Wildman–Crippen MR) is 70.1 cm³/mol. The van der Waals surface area contributed by atoms with Crippen LogP contribution in [0.25, 0.3) is 0 Å². The van der Waals surface area contributed by atoms with Crippen molar-refractivity contribution >= 4 is 11.4 Å².